The molecule has 2 bridgehead atoms. The Kier molecular flexibility index (Phi) is 8.41. The van der Waals surface area contributed by atoms with Crippen LogP contribution in [0.2, 0.25) is 0 Å². The van der Waals surface area contributed by atoms with E-state index in [4.69, 9.17) is 37.9 Å². The van der Waals surface area contributed by atoms with Crippen molar-refractivity contribution in [3.8, 4) is 0 Å². The molecule has 3 N–H and O–H groups in total. The van der Waals surface area contributed by atoms with Gasteiger partial charge in [-0.2, -0.15) is 0 Å². The van der Waals surface area contributed by atoms with Gasteiger partial charge in [0.25, 0.3) is 5.79 Å². The molecule has 14 nitrogen and oxygen atoms in total. The second-order valence-electron chi connectivity index (χ2n) is 18.1. The van der Waals surface area contributed by atoms with Crippen LogP contribution in [0.15, 0.2) is 85.2 Å². The predicted molar refractivity (Wildman–Crippen MR) is 204 cm³/mol. The molecule has 5 heterocycles. The van der Waals surface area contributed by atoms with Crippen LogP contribution in [0.3, 0.4) is 0 Å². The highest BCUT2D eigenvalue weighted by molar-refractivity contribution is 5.88. The summed E-state index contributed by atoms with van der Waals surface area (Å²) in [6, 6.07) is 18.5. The van der Waals surface area contributed by atoms with Gasteiger partial charge in [0.05, 0.1) is 44.9 Å². The van der Waals surface area contributed by atoms with E-state index in [2.05, 4.69) is 0 Å². The summed E-state index contributed by atoms with van der Waals surface area (Å²) in [5, 5.41) is 37.9. The topological polar surface area (TPSA) is 189 Å². The van der Waals surface area contributed by atoms with Crippen molar-refractivity contribution in [2.24, 2.45) is 34.0 Å². The van der Waals surface area contributed by atoms with Gasteiger partial charge in [-0.1, -0.05) is 74.5 Å². The van der Waals surface area contributed by atoms with E-state index in [-0.39, 0.29) is 19.6 Å². The molecule has 59 heavy (non-hydrogen) atoms. The third kappa shape index (κ3) is 4.84. The molecule has 8 aliphatic rings. The van der Waals surface area contributed by atoms with Gasteiger partial charge in [0, 0.05) is 52.6 Å². The maximum atomic E-state index is 14.1. The molecule has 2 aromatic rings. The summed E-state index contributed by atoms with van der Waals surface area (Å²) in [6.07, 6.45) is 2.56. The molecule has 0 aromatic heterocycles. The number of methoxy groups -OCH3 is 1. The zero-order valence-corrected chi connectivity index (χ0v) is 33.1. The molecular formula is C45H48O14. The number of hydrogen-bond acceptors (Lipinski definition) is 14. The van der Waals surface area contributed by atoms with E-state index in [0.29, 0.717) is 6.42 Å². The van der Waals surface area contributed by atoms with Gasteiger partial charge < -0.3 is 53.2 Å². The first kappa shape index (κ1) is 38.8. The molecule has 3 saturated carbocycles. The van der Waals surface area contributed by atoms with Crippen LogP contribution < -0.4 is 0 Å². The summed E-state index contributed by atoms with van der Waals surface area (Å²) < 4.78 is 50.0. The van der Waals surface area contributed by atoms with Crippen LogP contribution >= 0.6 is 0 Å². The number of epoxide rings is 1. The zero-order valence-electron chi connectivity index (χ0n) is 33.1. The number of aliphatic hydroxyl groups excluding tert-OH is 1. The SMILES string of the molecule is COC(=O)[C@@]1(O)OC[C@]23[C@@H](OC(=O)/C=C/c4ccccc4)C[C@@H](OC(=O)/C=C\c4ccccc4)[C@@]4(C)CO[C@@H]([C@@H](O)[C@@](C)([C@]56O[C@@]5(C)[C@H]5C[C@@H]6O[C@@H]6OC=C[C@]65O)[C@@H]21)[C@@H]43. The highest BCUT2D eigenvalue weighted by Gasteiger charge is 2.96. The molecule has 2 aromatic carbocycles. The molecule has 16 atom stereocenters. The quantitative estimate of drug-likeness (QED) is 0.153. The van der Waals surface area contributed by atoms with Gasteiger partial charge in [-0.25, -0.2) is 14.4 Å². The van der Waals surface area contributed by atoms with Crippen molar-refractivity contribution in [3.63, 3.8) is 0 Å². The van der Waals surface area contributed by atoms with Gasteiger partial charge >= 0.3 is 17.9 Å². The number of aliphatic hydroxyl groups is 3. The fourth-order valence-electron chi connectivity index (χ4n) is 13.3. The maximum Gasteiger partial charge on any atom is 0.366 e. The normalized spacial score (nSPS) is 48.2. The fraction of sp³-hybridized carbons (Fsp3) is 0.533. The minimum absolute atomic E-state index is 0.00363. The molecule has 5 aliphatic heterocycles. The Balaban J connectivity index is 1.11. The van der Waals surface area contributed by atoms with Gasteiger partial charge in [0.15, 0.2) is 5.60 Å². The monoisotopic (exact) mass is 812 g/mol. The molecule has 7 fully saturated rings. The third-order valence-electron chi connectivity index (χ3n) is 15.6. The number of hydrogen-bond donors (Lipinski definition) is 3. The van der Waals surface area contributed by atoms with Crippen LogP contribution in [-0.4, -0.2) is 113 Å². The Morgan fingerprint density at radius 3 is 2.10 bits per heavy atom. The van der Waals surface area contributed by atoms with E-state index in [1.807, 2.05) is 74.5 Å². The smallest absolute Gasteiger partial charge is 0.366 e. The van der Waals surface area contributed by atoms with Crippen molar-refractivity contribution in [1.29, 1.82) is 0 Å². The first-order chi connectivity index (χ1) is 28.1. The van der Waals surface area contributed by atoms with Crippen molar-refractivity contribution in [1.82, 2.24) is 0 Å². The van der Waals surface area contributed by atoms with E-state index in [0.717, 1.165) is 18.2 Å². The summed E-state index contributed by atoms with van der Waals surface area (Å²) >= 11 is 0. The number of carbonyl (C=O) groups is 3. The van der Waals surface area contributed by atoms with E-state index < -0.39 is 111 Å². The Hall–Kier alpha value is -4.41. The second-order valence-corrected chi connectivity index (χ2v) is 18.1. The van der Waals surface area contributed by atoms with Crippen LogP contribution in [0.4, 0.5) is 0 Å². The van der Waals surface area contributed by atoms with Crippen LogP contribution in [-0.2, 0) is 52.3 Å². The fourth-order valence-corrected chi connectivity index (χ4v) is 13.3. The Labute approximate surface area is 340 Å². The number of benzene rings is 2. The number of carbonyl (C=O) groups excluding carboxylic acids is 3. The van der Waals surface area contributed by atoms with Crippen LogP contribution in [0.25, 0.3) is 12.2 Å². The Bertz CT molecular complexity index is 2160. The molecule has 4 saturated heterocycles. The molecule has 1 spiro atoms. The Morgan fingerprint density at radius 1 is 0.847 bits per heavy atom. The van der Waals surface area contributed by atoms with E-state index in [1.165, 1.54) is 18.4 Å². The predicted octanol–water partition coefficient (Wildman–Crippen LogP) is 3.08. The highest BCUT2D eigenvalue weighted by atomic mass is 16.7. The average molecular weight is 813 g/mol. The molecule has 312 valence electrons. The standard InChI is InChI=1S/C45H48O14/c1-39-23-54-33-34(39)42(29(57-32(47)18-16-26-13-9-6-10-14-26)22-28(39)56-31(46)17-15-25-11-7-5-8-12-25)24-55-44(51,37(49)52-4)36(42)40(2,35(33)48)45-30-21-27(41(45,3)59-45)43(50)19-20-53-38(43)58-30/h5-20,27-30,33-36,38,48,50-51H,21-24H2,1-4H3/b17-15-,18-16+/t27-,28-,29+,30+,33-,34+,35-,36+,38+,39-,40-,41+,42-,43-,44+,45+/m1/s1. The minimum Gasteiger partial charge on any atom is -0.469 e. The average Bonchev–Trinajstić information content (AvgIpc) is 3.55. The van der Waals surface area contributed by atoms with Crippen molar-refractivity contribution < 1.29 is 67.6 Å². The maximum absolute atomic E-state index is 14.1. The third-order valence-corrected chi connectivity index (χ3v) is 15.6. The van der Waals surface area contributed by atoms with Crippen molar-refractivity contribution >= 4 is 30.1 Å². The summed E-state index contributed by atoms with van der Waals surface area (Å²) in [5.74, 6) is -8.02. The van der Waals surface area contributed by atoms with Gasteiger partial charge in [-0.05, 0) is 42.7 Å². The molecule has 0 radical (unpaired) electrons. The van der Waals surface area contributed by atoms with Gasteiger partial charge in [0.2, 0.25) is 6.29 Å². The van der Waals surface area contributed by atoms with Crippen molar-refractivity contribution in [2.45, 2.75) is 93.0 Å². The molecule has 0 unspecified atom stereocenters. The zero-order chi connectivity index (χ0) is 41.4. The molecule has 10 rings (SSSR count). The van der Waals surface area contributed by atoms with Gasteiger partial charge in [-0.3, -0.25) is 0 Å². The van der Waals surface area contributed by atoms with Crippen LogP contribution in [0, 0.1) is 34.0 Å². The van der Waals surface area contributed by atoms with Gasteiger partial charge in [0.1, 0.15) is 23.4 Å². The first-order valence-corrected chi connectivity index (χ1v) is 20.2. The summed E-state index contributed by atoms with van der Waals surface area (Å²) in [6.45, 7) is 5.12. The first-order valence-electron chi connectivity index (χ1n) is 20.2. The number of fused-ring (bicyclic) bond motifs is 7. The lowest BCUT2D eigenvalue weighted by Crippen LogP contribution is -2.78. The lowest BCUT2D eigenvalue weighted by Gasteiger charge is -2.66. The minimum atomic E-state index is -2.72. The molecule has 3 aliphatic carbocycles. The van der Waals surface area contributed by atoms with E-state index >= 15 is 0 Å². The van der Waals surface area contributed by atoms with Crippen molar-refractivity contribution in [3.05, 3.63) is 96.3 Å². The summed E-state index contributed by atoms with van der Waals surface area (Å²) in [4.78, 5) is 41.8. The van der Waals surface area contributed by atoms with E-state index in [1.54, 1.807) is 25.2 Å². The number of ether oxygens (including phenoxy) is 8. The van der Waals surface area contributed by atoms with Crippen LogP contribution in [0.1, 0.15) is 44.7 Å². The van der Waals surface area contributed by atoms with Crippen LogP contribution in [0.5, 0.6) is 0 Å². The summed E-state index contributed by atoms with van der Waals surface area (Å²) in [5.41, 5.74) is -6.90. The Morgan fingerprint density at radius 2 is 1.47 bits per heavy atom. The lowest BCUT2D eigenvalue weighted by molar-refractivity contribution is -0.314. The summed E-state index contributed by atoms with van der Waals surface area (Å²) in [7, 11) is 1.13. The largest absolute Gasteiger partial charge is 0.469 e. The highest BCUT2D eigenvalue weighted by Crippen LogP contribution is 2.83. The van der Waals surface area contributed by atoms with Gasteiger partial charge in [-0.15, -0.1) is 0 Å². The number of rotatable bonds is 8. The second kappa shape index (κ2) is 12.8. The lowest BCUT2D eigenvalue weighted by atomic mass is 9.37. The number of esters is 3. The molecule has 0 amide bonds. The molecular weight excluding hydrogens is 764 g/mol. The van der Waals surface area contributed by atoms with Crippen molar-refractivity contribution in [2.75, 3.05) is 20.3 Å². The van der Waals surface area contributed by atoms with E-state index in [9.17, 15) is 29.7 Å². The molecule has 14 heteroatoms.